The van der Waals surface area contributed by atoms with Crippen LogP contribution in [0.5, 0.6) is 0 Å². The predicted octanol–water partition coefficient (Wildman–Crippen LogP) is 4.00. The number of anilines is 2. The maximum absolute atomic E-state index is 12.6. The minimum absolute atomic E-state index is 0.0127. The summed E-state index contributed by atoms with van der Waals surface area (Å²) in [4.78, 5) is 26.5. The topological polar surface area (TPSA) is 49.4 Å². The molecule has 5 heteroatoms. The van der Waals surface area contributed by atoms with Crippen LogP contribution in [0.4, 0.5) is 11.4 Å². The van der Waals surface area contributed by atoms with Gasteiger partial charge in [0.1, 0.15) is 0 Å². The van der Waals surface area contributed by atoms with Crippen molar-refractivity contribution in [2.45, 2.75) is 19.8 Å². The molecule has 1 aliphatic heterocycles. The first-order chi connectivity index (χ1) is 11.6. The Labute approximate surface area is 150 Å². The molecule has 0 saturated carbocycles. The van der Waals surface area contributed by atoms with Crippen LogP contribution in [0.3, 0.4) is 0 Å². The van der Waals surface area contributed by atoms with Crippen LogP contribution in [0.25, 0.3) is 0 Å². The van der Waals surface area contributed by atoms with Crippen LogP contribution in [0.15, 0.2) is 53.0 Å². The van der Waals surface area contributed by atoms with Crippen molar-refractivity contribution >= 4 is 39.1 Å². The van der Waals surface area contributed by atoms with E-state index in [4.69, 9.17) is 0 Å². The van der Waals surface area contributed by atoms with E-state index in [-0.39, 0.29) is 24.2 Å². The predicted molar refractivity (Wildman–Crippen MR) is 99.1 cm³/mol. The summed E-state index contributed by atoms with van der Waals surface area (Å²) in [6, 6.07) is 15.3. The molecule has 1 fully saturated rings. The SMILES string of the molecule is CCc1ccccc1NC(=O)[C@@H]1CC(=O)N(c2ccc(Br)cc2)C1. The average Bonchev–Trinajstić information content (AvgIpc) is 2.98. The first-order valence-electron chi connectivity index (χ1n) is 8.03. The highest BCUT2D eigenvalue weighted by atomic mass is 79.9. The molecule has 0 spiro atoms. The molecule has 0 aliphatic carbocycles. The van der Waals surface area contributed by atoms with Gasteiger partial charge < -0.3 is 10.2 Å². The quantitative estimate of drug-likeness (QED) is 0.862. The summed E-state index contributed by atoms with van der Waals surface area (Å²) >= 11 is 3.39. The number of rotatable bonds is 4. The Morgan fingerprint density at radius 1 is 1.21 bits per heavy atom. The second-order valence-corrected chi connectivity index (χ2v) is 6.80. The first kappa shape index (κ1) is 16.7. The van der Waals surface area contributed by atoms with Gasteiger partial charge in [-0.25, -0.2) is 0 Å². The number of halogens is 1. The third-order valence-corrected chi connectivity index (χ3v) is 4.82. The van der Waals surface area contributed by atoms with Crippen molar-refractivity contribution in [1.82, 2.24) is 0 Å². The van der Waals surface area contributed by atoms with Gasteiger partial charge in [-0.2, -0.15) is 0 Å². The van der Waals surface area contributed by atoms with Gasteiger partial charge in [0.15, 0.2) is 0 Å². The van der Waals surface area contributed by atoms with Crippen molar-refractivity contribution in [1.29, 1.82) is 0 Å². The summed E-state index contributed by atoms with van der Waals surface area (Å²) in [6.45, 7) is 2.47. The largest absolute Gasteiger partial charge is 0.326 e. The molecular weight excluding hydrogens is 368 g/mol. The summed E-state index contributed by atoms with van der Waals surface area (Å²) in [7, 11) is 0. The molecule has 1 heterocycles. The molecule has 2 aromatic rings. The number of carbonyl (C=O) groups is 2. The van der Waals surface area contributed by atoms with Gasteiger partial charge in [-0.3, -0.25) is 9.59 Å². The summed E-state index contributed by atoms with van der Waals surface area (Å²) in [5.74, 6) is -0.434. The van der Waals surface area contributed by atoms with Crippen LogP contribution in [0.2, 0.25) is 0 Å². The van der Waals surface area contributed by atoms with Crippen molar-refractivity contribution in [3.8, 4) is 0 Å². The highest BCUT2D eigenvalue weighted by Crippen LogP contribution is 2.27. The molecule has 24 heavy (non-hydrogen) atoms. The van der Waals surface area contributed by atoms with E-state index < -0.39 is 0 Å². The Hall–Kier alpha value is -2.14. The van der Waals surface area contributed by atoms with Gasteiger partial charge in [-0.05, 0) is 42.3 Å². The summed E-state index contributed by atoms with van der Waals surface area (Å²) in [5.41, 5.74) is 2.76. The maximum Gasteiger partial charge on any atom is 0.229 e. The zero-order valence-electron chi connectivity index (χ0n) is 13.5. The van der Waals surface area contributed by atoms with E-state index in [1.54, 1.807) is 4.90 Å². The van der Waals surface area contributed by atoms with Gasteiger partial charge in [-0.15, -0.1) is 0 Å². The number of hydrogen-bond donors (Lipinski definition) is 1. The molecule has 2 amide bonds. The van der Waals surface area contributed by atoms with Crippen LogP contribution in [-0.4, -0.2) is 18.4 Å². The molecule has 1 aliphatic rings. The summed E-state index contributed by atoms with van der Waals surface area (Å²) < 4.78 is 0.961. The molecule has 0 bridgehead atoms. The lowest BCUT2D eigenvalue weighted by Crippen LogP contribution is -2.28. The van der Waals surface area contributed by atoms with Gasteiger partial charge >= 0.3 is 0 Å². The Balaban J connectivity index is 1.71. The Morgan fingerprint density at radius 2 is 1.92 bits per heavy atom. The lowest BCUT2D eigenvalue weighted by atomic mass is 10.1. The van der Waals surface area contributed by atoms with E-state index >= 15 is 0 Å². The second-order valence-electron chi connectivity index (χ2n) is 5.88. The molecule has 0 aromatic heterocycles. The van der Waals surface area contributed by atoms with Gasteiger partial charge in [0, 0.05) is 28.8 Å². The zero-order chi connectivity index (χ0) is 17.1. The number of nitrogens with one attached hydrogen (secondary N) is 1. The van der Waals surface area contributed by atoms with E-state index in [0.717, 1.165) is 27.8 Å². The maximum atomic E-state index is 12.6. The number of carbonyl (C=O) groups excluding carboxylic acids is 2. The van der Waals surface area contributed by atoms with Crippen molar-refractivity contribution in [3.05, 3.63) is 58.6 Å². The number of hydrogen-bond acceptors (Lipinski definition) is 2. The monoisotopic (exact) mass is 386 g/mol. The minimum atomic E-state index is -0.328. The van der Waals surface area contributed by atoms with Crippen molar-refractivity contribution in [2.24, 2.45) is 5.92 Å². The normalized spacial score (nSPS) is 17.2. The van der Waals surface area contributed by atoms with Crippen molar-refractivity contribution in [3.63, 3.8) is 0 Å². The van der Waals surface area contributed by atoms with E-state index in [0.29, 0.717) is 6.54 Å². The Morgan fingerprint density at radius 3 is 2.62 bits per heavy atom. The highest BCUT2D eigenvalue weighted by molar-refractivity contribution is 9.10. The fourth-order valence-corrected chi connectivity index (χ4v) is 3.20. The van der Waals surface area contributed by atoms with Crippen LogP contribution < -0.4 is 10.2 Å². The molecule has 4 nitrogen and oxygen atoms in total. The lowest BCUT2D eigenvalue weighted by molar-refractivity contribution is -0.122. The Kier molecular flexibility index (Phi) is 5.00. The van der Waals surface area contributed by atoms with Gasteiger partial charge in [0.05, 0.1) is 5.92 Å². The van der Waals surface area contributed by atoms with Gasteiger partial charge in [0.25, 0.3) is 0 Å². The number of nitrogens with zero attached hydrogens (tertiary/aromatic N) is 1. The number of aryl methyl sites for hydroxylation is 1. The first-order valence-corrected chi connectivity index (χ1v) is 8.82. The van der Waals surface area contributed by atoms with Crippen LogP contribution in [0.1, 0.15) is 18.9 Å². The van der Waals surface area contributed by atoms with E-state index in [9.17, 15) is 9.59 Å². The number of amides is 2. The molecular formula is C19H19BrN2O2. The standard InChI is InChI=1S/C19H19BrN2O2/c1-2-13-5-3-4-6-17(13)21-19(24)14-11-18(23)22(12-14)16-9-7-15(20)8-10-16/h3-10,14H,2,11-12H2,1H3,(H,21,24)/t14-/m1/s1. The van der Waals surface area contributed by atoms with Crippen molar-refractivity contribution in [2.75, 3.05) is 16.8 Å². The molecule has 0 radical (unpaired) electrons. The summed E-state index contributed by atoms with van der Waals surface area (Å²) in [6.07, 6.45) is 1.10. The molecule has 1 saturated heterocycles. The van der Waals surface area contributed by atoms with Crippen LogP contribution in [-0.2, 0) is 16.0 Å². The fraction of sp³-hybridized carbons (Fsp3) is 0.263. The van der Waals surface area contributed by atoms with Gasteiger partial charge in [-0.1, -0.05) is 41.1 Å². The van der Waals surface area contributed by atoms with Crippen LogP contribution in [0, 0.1) is 5.92 Å². The average molecular weight is 387 g/mol. The second kappa shape index (κ2) is 7.18. The van der Waals surface area contributed by atoms with Crippen molar-refractivity contribution < 1.29 is 9.59 Å². The Bertz CT molecular complexity index is 758. The van der Waals surface area contributed by atoms with E-state index in [2.05, 4.69) is 28.2 Å². The number of para-hydroxylation sites is 1. The molecule has 1 atom stereocenters. The highest BCUT2D eigenvalue weighted by Gasteiger charge is 2.35. The number of benzene rings is 2. The third-order valence-electron chi connectivity index (χ3n) is 4.29. The molecule has 3 rings (SSSR count). The third kappa shape index (κ3) is 3.51. The molecule has 2 aromatic carbocycles. The zero-order valence-corrected chi connectivity index (χ0v) is 15.0. The smallest absolute Gasteiger partial charge is 0.229 e. The summed E-state index contributed by atoms with van der Waals surface area (Å²) in [5, 5.41) is 2.98. The molecule has 1 N–H and O–H groups in total. The van der Waals surface area contributed by atoms with Gasteiger partial charge in [0.2, 0.25) is 11.8 Å². The van der Waals surface area contributed by atoms with E-state index in [1.165, 1.54) is 0 Å². The molecule has 0 unspecified atom stereocenters. The molecule has 124 valence electrons. The fourth-order valence-electron chi connectivity index (χ4n) is 2.94. The van der Waals surface area contributed by atoms with Crippen LogP contribution >= 0.6 is 15.9 Å². The van der Waals surface area contributed by atoms with E-state index in [1.807, 2.05) is 48.5 Å². The lowest BCUT2D eigenvalue weighted by Gasteiger charge is -2.17. The minimum Gasteiger partial charge on any atom is -0.326 e.